The summed E-state index contributed by atoms with van der Waals surface area (Å²) in [6.45, 7) is 1.85. The van der Waals surface area contributed by atoms with Crippen LogP contribution in [0, 0.1) is 0 Å². The molecule has 2 aromatic carbocycles. The predicted octanol–water partition coefficient (Wildman–Crippen LogP) is 5.25. The molecule has 0 heterocycles. The molecule has 0 atom stereocenters. The van der Waals surface area contributed by atoms with Gasteiger partial charge in [-0.3, -0.25) is 4.79 Å². The van der Waals surface area contributed by atoms with E-state index in [0.717, 1.165) is 11.1 Å². The van der Waals surface area contributed by atoms with E-state index >= 15 is 0 Å². The van der Waals surface area contributed by atoms with Crippen molar-refractivity contribution < 1.29 is 4.79 Å². The lowest BCUT2D eigenvalue weighted by molar-refractivity contribution is 0.0988. The maximum atomic E-state index is 11.7. The Morgan fingerprint density at radius 1 is 1.11 bits per heavy atom. The highest BCUT2D eigenvalue weighted by Crippen LogP contribution is 2.31. The molecule has 0 aromatic heterocycles. The van der Waals surface area contributed by atoms with Gasteiger partial charge in [0.1, 0.15) is 0 Å². The quantitative estimate of drug-likeness (QED) is 0.701. The van der Waals surface area contributed by atoms with Gasteiger partial charge in [0.15, 0.2) is 5.78 Å². The van der Waals surface area contributed by atoms with Gasteiger partial charge in [0.25, 0.3) is 0 Å². The summed E-state index contributed by atoms with van der Waals surface area (Å²) in [6.07, 6.45) is 0.493. The minimum Gasteiger partial charge on any atom is -0.294 e. The molecule has 0 saturated carbocycles. The van der Waals surface area contributed by atoms with Crippen LogP contribution in [0.15, 0.2) is 42.5 Å². The molecular weight excluding hydrogens is 267 g/mol. The number of rotatable bonds is 3. The molecule has 0 N–H and O–H groups in total. The van der Waals surface area contributed by atoms with Crippen LogP contribution in [0.1, 0.15) is 23.7 Å². The van der Waals surface area contributed by atoms with E-state index in [9.17, 15) is 4.79 Å². The van der Waals surface area contributed by atoms with Crippen LogP contribution in [0.5, 0.6) is 0 Å². The second-order valence-electron chi connectivity index (χ2n) is 3.98. The van der Waals surface area contributed by atoms with Crippen molar-refractivity contribution in [1.82, 2.24) is 0 Å². The van der Waals surface area contributed by atoms with E-state index in [0.29, 0.717) is 22.0 Å². The van der Waals surface area contributed by atoms with Gasteiger partial charge < -0.3 is 0 Å². The summed E-state index contributed by atoms with van der Waals surface area (Å²) in [5.41, 5.74) is 2.45. The number of carbonyl (C=O) groups excluding carboxylic acids is 1. The summed E-state index contributed by atoms with van der Waals surface area (Å²) in [5, 5.41) is 1.25. The third-order valence-electron chi connectivity index (χ3n) is 2.75. The van der Waals surface area contributed by atoms with E-state index in [1.54, 1.807) is 18.2 Å². The second kappa shape index (κ2) is 5.55. The van der Waals surface area contributed by atoms with E-state index in [1.165, 1.54) is 0 Å². The number of hydrogen-bond acceptors (Lipinski definition) is 1. The van der Waals surface area contributed by atoms with Crippen molar-refractivity contribution in [2.75, 3.05) is 0 Å². The van der Waals surface area contributed by atoms with E-state index in [-0.39, 0.29) is 5.78 Å². The van der Waals surface area contributed by atoms with Crippen molar-refractivity contribution in [1.29, 1.82) is 0 Å². The summed E-state index contributed by atoms with van der Waals surface area (Å²) in [7, 11) is 0. The third kappa shape index (κ3) is 2.74. The standard InChI is InChI=1S/C15H12Cl2O/c1-2-15(18)11-5-3-4-10(8-11)13-9-12(16)6-7-14(13)17/h3-9H,2H2,1H3. The molecule has 18 heavy (non-hydrogen) atoms. The molecule has 2 rings (SSSR count). The number of hydrogen-bond donors (Lipinski definition) is 0. The highest BCUT2D eigenvalue weighted by Gasteiger charge is 2.08. The zero-order valence-corrected chi connectivity index (χ0v) is 11.4. The number of halogens is 2. The van der Waals surface area contributed by atoms with Gasteiger partial charge in [0.2, 0.25) is 0 Å². The molecule has 2 aromatic rings. The first-order valence-electron chi connectivity index (χ1n) is 5.70. The van der Waals surface area contributed by atoms with Crippen LogP contribution < -0.4 is 0 Å². The van der Waals surface area contributed by atoms with Gasteiger partial charge in [-0.05, 0) is 29.8 Å². The van der Waals surface area contributed by atoms with Gasteiger partial charge in [0, 0.05) is 27.6 Å². The topological polar surface area (TPSA) is 17.1 Å². The molecular formula is C15H12Cl2O. The van der Waals surface area contributed by atoms with Gasteiger partial charge in [-0.15, -0.1) is 0 Å². The largest absolute Gasteiger partial charge is 0.294 e. The highest BCUT2D eigenvalue weighted by atomic mass is 35.5. The average molecular weight is 279 g/mol. The van der Waals surface area contributed by atoms with Gasteiger partial charge in [-0.2, -0.15) is 0 Å². The maximum absolute atomic E-state index is 11.7. The van der Waals surface area contributed by atoms with Crippen LogP contribution in [0.2, 0.25) is 10.0 Å². The van der Waals surface area contributed by atoms with Crippen LogP contribution in [-0.4, -0.2) is 5.78 Å². The summed E-state index contributed by atoms with van der Waals surface area (Å²) in [6, 6.07) is 12.7. The molecule has 0 aliphatic carbocycles. The molecule has 0 aliphatic rings. The Kier molecular flexibility index (Phi) is 4.05. The first-order chi connectivity index (χ1) is 8.61. The SMILES string of the molecule is CCC(=O)c1cccc(-c2cc(Cl)ccc2Cl)c1. The van der Waals surface area contributed by atoms with Crippen LogP contribution in [0.3, 0.4) is 0 Å². The van der Waals surface area contributed by atoms with Crippen LogP contribution in [0.4, 0.5) is 0 Å². The molecule has 1 nitrogen and oxygen atoms in total. The monoisotopic (exact) mass is 278 g/mol. The number of ketones is 1. The fourth-order valence-corrected chi connectivity index (χ4v) is 2.18. The van der Waals surface area contributed by atoms with Crippen molar-refractivity contribution in [3.63, 3.8) is 0 Å². The molecule has 0 aliphatic heterocycles. The summed E-state index contributed by atoms with van der Waals surface area (Å²) in [5.74, 6) is 0.120. The Balaban J connectivity index is 2.51. The molecule has 0 spiro atoms. The van der Waals surface area contributed by atoms with Crippen molar-refractivity contribution in [2.45, 2.75) is 13.3 Å². The molecule has 0 fully saturated rings. The van der Waals surface area contributed by atoms with E-state index in [2.05, 4.69) is 0 Å². The second-order valence-corrected chi connectivity index (χ2v) is 4.83. The lowest BCUT2D eigenvalue weighted by Crippen LogP contribution is -1.96. The fourth-order valence-electron chi connectivity index (χ4n) is 1.78. The summed E-state index contributed by atoms with van der Waals surface area (Å²) in [4.78, 5) is 11.7. The maximum Gasteiger partial charge on any atom is 0.162 e. The summed E-state index contributed by atoms with van der Waals surface area (Å²) < 4.78 is 0. The lowest BCUT2D eigenvalue weighted by atomic mass is 10.0. The predicted molar refractivity (Wildman–Crippen MR) is 76.5 cm³/mol. The molecule has 0 saturated heterocycles. The Labute approximate surface area is 116 Å². The fraction of sp³-hybridized carbons (Fsp3) is 0.133. The molecule has 0 amide bonds. The van der Waals surface area contributed by atoms with E-state index < -0.39 is 0 Å². The lowest BCUT2D eigenvalue weighted by Gasteiger charge is -2.07. The molecule has 92 valence electrons. The Hall–Kier alpha value is -1.31. The Morgan fingerprint density at radius 2 is 1.89 bits per heavy atom. The van der Waals surface area contributed by atoms with Crippen LogP contribution in [0.25, 0.3) is 11.1 Å². The van der Waals surface area contributed by atoms with Gasteiger partial charge in [-0.25, -0.2) is 0 Å². The van der Waals surface area contributed by atoms with Gasteiger partial charge in [0.05, 0.1) is 0 Å². The number of benzene rings is 2. The number of Topliss-reactive ketones (excluding diaryl/α,β-unsaturated/α-hetero) is 1. The zero-order chi connectivity index (χ0) is 13.1. The highest BCUT2D eigenvalue weighted by molar-refractivity contribution is 6.35. The van der Waals surface area contributed by atoms with E-state index in [4.69, 9.17) is 23.2 Å². The minimum atomic E-state index is 0.120. The minimum absolute atomic E-state index is 0.120. The average Bonchev–Trinajstić information content (AvgIpc) is 2.40. The Bertz CT molecular complexity index is 591. The first-order valence-corrected chi connectivity index (χ1v) is 6.46. The van der Waals surface area contributed by atoms with Gasteiger partial charge in [-0.1, -0.05) is 48.3 Å². The van der Waals surface area contributed by atoms with Crippen molar-refractivity contribution in [3.8, 4) is 11.1 Å². The Morgan fingerprint density at radius 3 is 2.61 bits per heavy atom. The van der Waals surface area contributed by atoms with Crippen molar-refractivity contribution in [3.05, 3.63) is 58.1 Å². The molecule has 0 unspecified atom stereocenters. The van der Waals surface area contributed by atoms with Crippen LogP contribution in [-0.2, 0) is 0 Å². The zero-order valence-electron chi connectivity index (χ0n) is 9.91. The molecule has 0 bridgehead atoms. The van der Waals surface area contributed by atoms with Gasteiger partial charge >= 0.3 is 0 Å². The smallest absolute Gasteiger partial charge is 0.162 e. The summed E-state index contributed by atoms with van der Waals surface area (Å²) >= 11 is 12.1. The van der Waals surface area contributed by atoms with E-state index in [1.807, 2.05) is 31.2 Å². The number of carbonyl (C=O) groups is 1. The van der Waals surface area contributed by atoms with Crippen molar-refractivity contribution >= 4 is 29.0 Å². The normalized spacial score (nSPS) is 10.4. The molecule has 0 radical (unpaired) electrons. The third-order valence-corrected chi connectivity index (χ3v) is 3.31. The molecule has 3 heteroatoms. The first kappa shape index (κ1) is 13.1. The van der Waals surface area contributed by atoms with Crippen molar-refractivity contribution in [2.24, 2.45) is 0 Å². The van der Waals surface area contributed by atoms with Crippen LogP contribution >= 0.6 is 23.2 Å².